The van der Waals surface area contributed by atoms with Gasteiger partial charge in [-0.25, -0.2) is 0 Å². The Hall–Kier alpha value is -4.35. The van der Waals surface area contributed by atoms with Gasteiger partial charge in [0.15, 0.2) is 0 Å². The van der Waals surface area contributed by atoms with E-state index in [4.69, 9.17) is 11.6 Å². The minimum absolute atomic E-state index is 0.0179. The van der Waals surface area contributed by atoms with Crippen LogP contribution in [0.5, 0.6) is 0 Å². The molecule has 5 heteroatoms. The SMILES string of the molecule is C=C1C2\C3=C/C=C\C=C/C2N=C(c2ccccc2)N(c2ccccc2)C(N3)C2C1c1ccccc1N(CC)C2N(C)C. The molecule has 3 aliphatic heterocycles. The van der Waals surface area contributed by atoms with Crippen LogP contribution in [0.2, 0.25) is 0 Å². The third kappa shape index (κ3) is 4.23. The number of fused-ring (bicyclic) bond motifs is 5. The molecule has 7 rings (SSSR count). The number of rotatable bonds is 4. The highest BCUT2D eigenvalue weighted by Crippen LogP contribution is 2.53. The fourth-order valence-electron chi connectivity index (χ4n) is 7.69. The second-order valence-corrected chi connectivity index (χ2v) is 11.8. The number of allylic oxidation sites excluding steroid dienone is 4. The number of amidine groups is 1. The van der Waals surface area contributed by atoms with E-state index < -0.39 is 0 Å². The van der Waals surface area contributed by atoms with Gasteiger partial charge < -0.3 is 15.1 Å². The van der Waals surface area contributed by atoms with E-state index in [1.807, 2.05) is 0 Å². The topological polar surface area (TPSA) is 34.1 Å². The molecule has 6 atom stereocenters. The van der Waals surface area contributed by atoms with Crippen molar-refractivity contribution in [1.29, 1.82) is 0 Å². The maximum absolute atomic E-state index is 5.65. The van der Waals surface area contributed by atoms with Crippen molar-refractivity contribution in [3.8, 4) is 0 Å². The molecule has 1 aliphatic carbocycles. The van der Waals surface area contributed by atoms with Crippen LogP contribution in [0.25, 0.3) is 0 Å². The van der Waals surface area contributed by atoms with Crippen molar-refractivity contribution >= 4 is 17.2 Å². The molecule has 1 N–H and O–H groups in total. The normalized spacial score (nSPS) is 30.7. The van der Waals surface area contributed by atoms with E-state index in [0.29, 0.717) is 0 Å². The average Bonchev–Trinajstić information content (AvgIpc) is 3.09. The van der Waals surface area contributed by atoms with E-state index in [2.05, 4.69) is 156 Å². The van der Waals surface area contributed by atoms with Gasteiger partial charge in [-0.1, -0.05) is 103 Å². The van der Waals surface area contributed by atoms with Gasteiger partial charge in [0.1, 0.15) is 12.0 Å². The molecule has 0 spiro atoms. The molecule has 42 heavy (non-hydrogen) atoms. The fraction of sp³-hybridized carbons (Fsp3) is 0.270. The van der Waals surface area contributed by atoms with Gasteiger partial charge in [0.2, 0.25) is 0 Å². The molecular formula is C37H39N5. The lowest BCUT2D eigenvalue weighted by Gasteiger charge is -2.53. The van der Waals surface area contributed by atoms with Gasteiger partial charge >= 0.3 is 0 Å². The predicted molar refractivity (Wildman–Crippen MR) is 175 cm³/mol. The third-order valence-electron chi connectivity index (χ3n) is 9.30. The lowest BCUT2D eigenvalue weighted by atomic mass is 9.70. The second kappa shape index (κ2) is 10.8. The first kappa shape index (κ1) is 26.5. The zero-order valence-electron chi connectivity index (χ0n) is 24.6. The number of hydrogen-bond acceptors (Lipinski definition) is 5. The molecule has 5 nitrogen and oxygen atoms in total. The van der Waals surface area contributed by atoms with E-state index in [-0.39, 0.29) is 36.1 Å². The summed E-state index contributed by atoms with van der Waals surface area (Å²) in [5.41, 5.74) is 7.31. The molecule has 0 aromatic heterocycles. The largest absolute Gasteiger partial charge is 0.367 e. The lowest BCUT2D eigenvalue weighted by molar-refractivity contribution is 0.150. The molecule has 4 bridgehead atoms. The van der Waals surface area contributed by atoms with Gasteiger partial charge in [0.25, 0.3) is 0 Å². The summed E-state index contributed by atoms with van der Waals surface area (Å²) >= 11 is 0. The number of anilines is 2. The van der Waals surface area contributed by atoms with Crippen LogP contribution in [0, 0.1) is 11.8 Å². The van der Waals surface area contributed by atoms with Gasteiger partial charge in [0, 0.05) is 46.9 Å². The Balaban J connectivity index is 1.58. The molecule has 0 amide bonds. The number of aliphatic imine (C=N–C) groups is 1. The van der Waals surface area contributed by atoms with Crippen molar-refractivity contribution in [3.05, 3.63) is 144 Å². The summed E-state index contributed by atoms with van der Waals surface area (Å²) in [6.07, 6.45) is 10.9. The number of para-hydroxylation sites is 2. The van der Waals surface area contributed by atoms with Crippen molar-refractivity contribution in [3.63, 3.8) is 0 Å². The summed E-state index contributed by atoms with van der Waals surface area (Å²) in [6.45, 7) is 8.13. The summed E-state index contributed by atoms with van der Waals surface area (Å²) in [4.78, 5) is 13.1. The zero-order chi connectivity index (χ0) is 28.8. The van der Waals surface area contributed by atoms with Crippen LogP contribution < -0.4 is 15.1 Å². The van der Waals surface area contributed by atoms with Gasteiger partial charge in [0.05, 0.1) is 12.2 Å². The Morgan fingerprint density at radius 3 is 2.31 bits per heavy atom. The number of nitrogens with one attached hydrogen (secondary N) is 1. The summed E-state index contributed by atoms with van der Waals surface area (Å²) in [5.74, 6) is 1.26. The smallest absolute Gasteiger partial charge is 0.137 e. The third-order valence-corrected chi connectivity index (χ3v) is 9.30. The second-order valence-electron chi connectivity index (χ2n) is 11.8. The lowest BCUT2D eigenvalue weighted by Crippen LogP contribution is -2.64. The first-order valence-corrected chi connectivity index (χ1v) is 15.1. The standard InChI is InChI=1S/C37H39N5/c1-5-41-31-24-16-15-21-28(31)32-25(2)33-29-22-13-8-14-23-30(33)39-36(34(32)37(41)40(3)4)42(27-19-11-7-12-20-27)35(38-29)26-17-9-6-10-18-26/h6-24,29,32-34,36-37,39H,2,5H2,1,3-4H3/b14-8-,22-13-,30-23+,38-35?. The van der Waals surface area contributed by atoms with Gasteiger partial charge in [-0.15, -0.1) is 0 Å². The maximum Gasteiger partial charge on any atom is 0.137 e. The Labute approximate surface area is 249 Å². The number of hydrogen-bond donors (Lipinski definition) is 1. The van der Waals surface area contributed by atoms with Gasteiger partial charge in [-0.2, -0.15) is 0 Å². The quantitative estimate of drug-likeness (QED) is 0.371. The van der Waals surface area contributed by atoms with E-state index >= 15 is 0 Å². The number of nitrogens with zero attached hydrogens (tertiary/aromatic N) is 4. The van der Waals surface area contributed by atoms with Crippen molar-refractivity contribution in [2.45, 2.75) is 31.2 Å². The summed E-state index contributed by atoms with van der Waals surface area (Å²) < 4.78 is 0. The van der Waals surface area contributed by atoms with Crippen LogP contribution in [-0.2, 0) is 0 Å². The molecule has 0 radical (unpaired) electrons. The van der Waals surface area contributed by atoms with Crippen molar-refractivity contribution in [1.82, 2.24) is 10.2 Å². The molecule has 1 fully saturated rings. The molecule has 3 aromatic carbocycles. The van der Waals surface area contributed by atoms with E-state index in [0.717, 1.165) is 23.6 Å². The highest BCUT2D eigenvalue weighted by molar-refractivity contribution is 6.10. The van der Waals surface area contributed by atoms with Crippen LogP contribution >= 0.6 is 0 Å². The Bertz CT molecular complexity index is 1580. The predicted octanol–water partition coefficient (Wildman–Crippen LogP) is 6.56. The van der Waals surface area contributed by atoms with Crippen LogP contribution in [0.15, 0.2) is 138 Å². The summed E-state index contributed by atoms with van der Waals surface area (Å²) in [6, 6.07) is 30.3. The van der Waals surface area contributed by atoms with Crippen LogP contribution in [0.4, 0.5) is 11.4 Å². The Morgan fingerprint density at radius 1 is 0.857 bits per heavy atom. The van der Waals surface area contributed by atoms with Crippen LogP contribution in [0.3, 0.4) is 0 Å². The zero-order valence-corrected chi connectivity index (χ0v) is 24.6. The number of benzene rings is 3. The van der Waals surface area contributed by atoms with Crippen LogP contribution in [-0.4, -0.2) is 49.7 Å². The van der Waals surface area contributed by atoms with Crippen molar-refractivity contribution in [2.75, 3.05) is 30.4 Å². The van der Waals surface area contributed by atoms with Crippen LogP contribution in [0.1, 0.15) is 24.0 Å². The van der Waals surface area contributed by atoms with Gasteiger partial charge in [-0.05, 0) is 50.9 Å². The molecule has 4 aliphatic rings. The summed E-state index contributed by atoms with van der Waals surface area (Å²) in [5, 5.41) is 4.16. The molecule has 6 unspecified atom stereocenters. The molecule has 212 valence electrons. The molecule has 0 saturated carbocycles. The highest BCUT2D eigenvalue weighted by atomic mass is 15.4. The van der Waals surface area contributed by atoms with E-state index in [9.17, 15) is 0 Å². The molecule has 3 heterocycles. The monoisotopic (exact) mass is 553 g/mol. The van der Waals surface area contributed by atoms with Gasteiger partial charge in [-0.3, -0.25) is 9.89 Å². The summed E-state index contributed by atoms with van der Waals surface area (Å²) in [7, 11) is 4.44. The molecule has 1 saturated heterocycles. The van der Waals surface area contributed by atoms with E-state index in [1.165, 1.54) is 22.5 Å². The highest BCUT2D eigenvalue weighted by Gasteiger charge is 2.54. The minimum Gasteiger partial charge on any atom is -0.367 e. The Morgan fingerprint density at radius 2 is 1.57 bits per heavy atom. The first-order chi connectivity index (χ1) is 20.6. The minimum atomic E-state index is -0.114. The Kier molecular flexibility index (Phi) is 6.83. The van der Waals surface area contributed by atoms with Crippen molar-refractivity contribution in [2.24, 2.45) is 16.8 Å². The van der Waals surface area contributed by atoms with Crippen molar-refractivity contribution < 1.29 is 0 Å². The molecule has 3 aromatic rings. The average molecular weight is 554 g/mol. The maximum atomic E-state index is 5.65. The first-order valence-electron chi connectivity index (χ1n) is 15.1. The van der Waals surface area contributed by atoms with E-state index in [1.54, 1.807) is 0 Å². The fourth-order valence-corrected chi connectivity index (χ4v) is 7.69. The molecular weight excluding hydrogens is 514 g/mol.